The minimum atomic E-state index is -0.185. The first-order chi connectivity index (χ1) is 22.1. The summed E-state index contributed by atoms with van der Waals surface area (Å²) < 4.78 is 6.67. The minimum Gasteiger partial charge on any atom is -0.454 e. The summed E-state index contributed by atoms with van der Waals surface area (Å²) in [5, 5.41) is 4.74. The lowest BCUT2D eigenvalue weighted by Crippen LogP contribution is -2.20. The molecule has 2 nitrogen and oxygen atoms in total. The summed E-state index contributed by atoms with van der Waals surface area (Å²) >= 11 is 0. The predicted octanol–water partition coefficient (Wildman–Crippen LogP) is 12.2. The van der Waals surface area contributed by atoms with Gasteiger partial charge in [0.1, 0.15) is 5.58 Å². The van der Waals surface area contributed by atoms with Gasteiger partial charge in [-0.05, 0) is 74.5 Å². The molecular weight excluding hydrogens is 546 g/mol. The number of nitrogens with zero attached hydrogens (tertiary/aromatic N) is 1. The maximum atomic E-state index is 6.67. The summed E-state index contributed by atoms with van der Waals surface area (Å²) in [6.45, 7) is 4.71. The number of benzene rings is 7. The van der Waals surface area contributed by atoms with Crippen molar-refractivity contribution in [3.63, 3.8) is 0 Å². The number of fused-ring (bicyclic) bond motifs is 7. The SMILES string of the molecule is CC1(C)c2ccccc2-c2cccc(N(c3cccc(-c4cccc5ccccc45)c3)c3cccc4c3oc3ccccc34)c21. The van der Waals surface area contributed by atoms with Crippen molar-refractivity contribution in [1.29, 1.82) is 0 Å². The van der Waals surface area contributed by atoms with Crippen LogP contribution in [0.2, 0.25) is 0 Å². The molecule has 0 atom stereocenters. The molecule has 1 aliphatic carbocycles. The summed E-state index contributed by atoms with van der Waals surface area (Å²) in [5.74, 6) is 0. The van der Waals surface area contributed by atoms with Gasteiger partial charge in [0.15, 0.2) is 5.58 Å². The van der Waals surface area contributed by atoms with E-state index in [9.17, 15) is 0 Å². The van der Waals surface area contributed by atoms with E-state index in [0.717, 1.165) is 39.0 Å². The zero-order valence-electron chi connectivity index (χ0n) is 25.3. The molecule has 2 heteroatoms. The van der Waals surface area contributed by atoms with Crippen molar-refractivity contribution in [2.75, 3.05) is 4.90 Å². The molecule has 0 spiro atoms. The fourth-order valence-corrected chi connectivity index (χ4v) is 7.61. The molecule has 1 aliphatic rings. The van der Waals surface area contributed by atoms with Gasteiger partial charge in [-0.15, -0.1) is 0 Å². The van der Waals surface area contributed by atoms with Crippen LogP contribution in [0.3, 0.4) is 0 Å². The Labute approximate surface area is 262 Å². The molecule has 0 amide bonds. The molecule has 8 aromatic rings. The van der Waals surface area contributed by atoms with Gasteiger partial charge in [-0.3, -0.25) is 0 Å². The number of anilines is 3. The van der Waals surface area contributed by atoms with Crippen LogP contribution in [0.15, 0.2) is 156 Å². The molecule has 0 saturated heterocycles. The topological polar surface area (TPSA) is 16.4 Å². The second-order valence-corrected chi connectivity index (χ2v) is 12.5. The highest BCUT2D eigenvalue weighted by Crippen LogP contribution is 2.55. The number of para-hydroxylation sites is 2. The van der Waals surface area contributed by atoms with Crippen LogP contribution in [0, 0.1) is 0 Å². The molecule has 0 saturated carbocycles. The van der Waals surface area contributed by atoms with Crippen LogP contribution in [0.4, 0.5) is 17.1 Å². The maximum Gasteiger partial charge on any atom is 0.159 e. The Hall–Kier alpha value is -5.60. The summed E-state index contributed by atoms with van der Waals surface area (Å²) in [6, 6.07) is 54.6. The zero-order chi connectivity index (χ0) is 30.1. The number of hydrogen-bond acceptors (Lipinski definition) is 2. The Morgan fingerprint density at radius 3 is 2.09 bits per heavy atom. The molecule has 0 radical (unpaired) electrons. The lowest BCUT2D eigenvalue weighted by atomic mass is 9.81. The van der Waals surface area contributed by atoms with E-state index >= 15 is 0 Å². The Kier molecular flexibility index (Phi) is 5.58. The first-order valence-corrected chi connectivity index (χ1v) is 15.6. The van der Waals surface area contributed by atoms with Crippen molar-refractivity contribution < 1.29 is 4.42 Å². The first kappa shape index (κ1) is 25.9. The highest BCUT2D eigenvalue weighted by Gasteiger charge is 2.39. The summed E-state index contributed by atoms with van der Waals surface area (Å²) in [6.07, 6.45) is 0. The van der Waals surface area contributed by atoms with E-state index < -0.39 is 0 Å². The Morgan fingerprint density at radius 1 is 0.511 bits per heavy atom. The third-order valence-corrected chi connectivity index (χ3v) is 9.63. The minimum absolute atomic E-state index is 0.185. The molecule has 9 rings (SSSR count). The highest BCUT2D eigenvalue weighted by molar-refractivity contribution is 6.11. The van der Waals surface area contributed by atoms with Gasteiger partial charge in [0, 0.05) is 21.9 Å². The van der Waals surface area contributed by atoms with Crippen molar-refractivity contribution in [2.24, 2.45) is 0 Å². The maximum absolute atomic E-state index is 6.67. The lowest BCUT2D eigenvalue weighted by molar-refractivity contribution is 0.659. The number of furan rings is 1. The average Bonchev–Trinajstić information content (AvgIpc) is 3.58. The van der Waals surface area contributed by atoms with Gasteiger partial charge in [-0.2, -0.15) is 0 Å². The van der Waals surface area contributed by atoms with E-state index in [0.29, 0.717) is 0 Å². The molecule has 0 N–H and O–H groups in total. The summed E-state index contributed by atoms with van der Waals surface area (Å²) in [5.41, 5.74) is 12.6. The second-order valence-electron chi connectivity index (χ2n) is 12.5. The molecule has 0 fully saturated rings. The molecule has 1 aromatic heterocycles. The van der Waals surface area contributed by atoms with Gasteiger partial charge in [-0.1, -0.05) is 135 Å². The third-order valence-electron chi connectivity index (χ3n) is 9.63. The Morgan fingerprint density at radius 2 is 1.16 bits per heavy atom. The Balaban J connectivity index is 1.34. The molecule has 0 bridgehead atoms. The quantitative estimate of drug-likeness (QED) is 0.207. The van der Waals surface area contributed by atoms with Gasteiger partial charge >= 0.3 is 0 Å². The fourth-order valence-electron chi connectivity index (χ4n) is 7.61. The molecule has 214 valence electrons. The van der Waals surface area contributed by atoms with Gasteiger partial charge in [0.2, 0.25) is 0 Å². The van der Waals surface area contributed by atoms with Crippen molar-refractivity contribution in [3.8, 4) is 22.3 Å². The molecular formula is C43H31NO. The lowest BCUT2D eigenvalue weighted by Gasteiger charge is -2.32. The van der Waals surface area contributed by atoms with E-state index in [1.54, 1.807) is 0 Å². The largest absolute Gasteiger partial charge is 0.454 e. The van der Waals surface area contributed by atoms with E-state index in [1.165, 1.54) is 44.2 Å². The fraction of sp³-hybridized carbons (Fsp3) is 0.0698. The first-order valence-electron chi connectivity index (χ1n) is 15.6. The van der Waals surface area contributed by atoms with Crippen molar-refractivity contribution in [2.45, 2.75) is 19.3 Å². The van der Waals surface area contributed by atoms with Crippen molar-refractivity contribution in [3.05, 3.63) is 163 Å². The van der Waals surface area contributed by atoms with Crippen molar-refractivity contribution >= 4 is 49.8 Å². The highest BCUT2D eigenvalue weighted by atomic mass is 16.3. The zero-order valence-corrected chi connectivity index (χ0v) is 25.3. The average molecular weight is 578 g/mol. The normalized spacial score (nSPS) is 13.3. The van der Waals surface area contributed by atoms with Crippen LogP contribution in [0.1, 0.15) is 25.0 Å². The van der Waals surface area contributed by atoms with Crippen molar-refractivity contribution in [1.82, 2.24) is 0 Å². The van der Waals surface area contributed by atoms with Crippen LogP contribution in [-0.4, -0.2) is 0 Å². The number of hydrogen-bond donors (Lipinski definition) is 0. The molecule has 45 heavy (non-hydrogen) atoms. The molecule has 0 unspecified atom stereocenters. The van der Waals surface area contributed by atoms with Crippen LogP contribution >= 0.6 is 0 Å². The molecule has 1 heterocycles. The molecule has 0 aliphatic heterocycles. The third kappa shape index (κ3) is 3.82. The van der Waals surface area contributed by atoms with Crippen LogP contribution in [-0.2, 0) is 5.41 Å². The standard InChI is InChI=1S/C43H31NO/c1-43(2)37-23-7-5-18-33(37)35-21-11-24-38(41(35)43)44(39-25-12-22-36-34-19-6-8-26-40(34)45-42(36)39)30-16-9-15-29(27-30)32-20-10-14-28-13-3-4-17-31(28)32/h3-27H,1-2H3. The van der Waals surface area contributed by atoms with Crippen LogP contribution in [0.25, 0.3) is 55.0 Å². The van der Waals surface area contributed by atoms with Gasteiger partial charge in [0.25, 0.3) is 0 Å². The number of rotatable bonds is 4. The van der Waals surface area contributed by atoms with E-state index in [4.69, 9.17) is 4.42 Å². The van der Waals surface area contributed by atoms with Gasteiger partial charge in [0.05, 0.1) is 11.4 Å². The van der Waals surface area contributed by atoms with Gasteiger partial charge < -0.3 is 9.32 Å². The Bertz CT molecular complexity index is 2420. The van der Waals surface area contributed by atoms with Crippen LogP contribution in [0.5, 0.6) is 0 Å². The second kappa shape index (κ2) is 9.70. The molecule has 7 aromatic carbocycles. The monoisotopic (exact) mass is 577 g/mol. The summed E-state index contributed by atoms with van der Waals surface area (Å²) in [7, 11) is 0. The van der Waals surface area contributed by atoms with E-state index in [1.807, 2.05) is 6.07 Å². The summed E-state index contributed by atoms with van der Waals surface area (Å²) in [4.78, 5) is 2.42. The van der Waals surface area contributed by atoms with Gasteiger partial charge in [-0.25, -0.2) is 0 Å². The smallest absolute Gasteiger partial charge is 0.159 e. The predicted molar refractivity (Wildman–Crippen MR) is 189 cm³/mol. The van der Waals surface area contributed by atoms with E-state index in [-0.39, 0.29) is 5.41 Å². The van der Waals surface area contributed by atoms with E-state index in [2.05, 4.69) is 164 Å². The van der Waals surface area contributed by atoms with Crippen LogP contribution < -0.4 is 4.90 Å².